The van der Waals surface area contributed by atoms with Gasteiger partial charge in [-0.15, -0.1) is 0 Å². The van der Waals surface area contributed by atoms with Gasteiger partial charge in [0.15, 0.2) is 0 Å². The van der Waals surface area contributed by atoms with Crippen molar-refractivity contribution in [2.24, 2.45) is 0 Å². The van der Waals surface area contributed by atoms with Crippen molar-refractivity contribution in [1.29, 1.82) is 0 Å². The van der Waals surface area contributed by atoms with Gasteiger partial charge in [-0.3, -0.25) is 4.79 Å². The Morgan fingerprint density at radius 2 is 1.71 bits per heavy atom. The Balaban J connectivity index is 2.02. The molecule has 1 N–H and O–H groups in total. The van der Waals surface area contributed by atoms with Crippen molar-refractivity contribution < 1.29 is 13.2 Å². The van der Waals surface area contributed by atoms with E-state index in [1.165, 1.54) is 32.3 Å². The number of nitrogens with zero attached hydrogens (tertiary/aromatic N) is 1. The fourth-order valence-corrected chi connectivity index (χ4v) is 3.78. The molecular formula is C21H25ClN2O3S. The van der Waals surface area contributed by atoms with Crippen molar-refractivity contribution in [3.05, 3.63) is 70.8 Å². The molecule has 0 heterocycles. The molecule has 0 spiro atoms. The first-order valence-corrected chi connectivity index (χ1v) is 10.6. The third-order valence-corrected chi connectivity index (χ3v) is 6.34. The number of rotatable bonds is 7. The van der Waals surface area contributed by atoms with Gasteiger partial charge in [0.25, 0.3) is 0 Å². The second-order valence-electron chi connectivity index (χ2n) is 7.33. The van der Waals surface area contributed by atoms with Gasteiger partial charge in [-0.1, -0.05) is 41.9 Å². The summed E-state index contributed by atoms with van der Waals surface area (Å²) >= 11 is 6.20. The Kier molecular flexibility index (Phi) is 7.04. The van der Waals surface area contributed by atoms with E-state index >= 15 is 0 Å². The lowest BCUT2D eigenvalue weighted by atomic mass is 9.95. The van der Waals surface area contributed by atoms with Crippen molar-refractivity contribution >= 4 is 33.6 Å². The molecule has 7 heteroatoms. The van der Waals surface area contributed by atoms with Crippen LogP contribution in [-0.4, -0.2) is 38.3 Å². The Morgan fingerprint density at radius 1 is 1.11 bits per heavy atom. The van der Waals surface area contributed by atoms with Crippen LogP contribution < -0.4 is 5.32 Å². The molecule has 0 aromatic heterocycles. The van der Waals surface area contributed by atoms with Crippen LogP contribution in [0, 0.1) is 0 Å². The molecule has 5 nitrogen and oxygen atoms in total. The first-order chi connectivity index (χ1) is 13.0. The molecule has 0 aliphatic carbocycles. The molecule has 0 atom stereocenters. The number of halogens is 1. The summed E-state index contributed by atoms with van der Waals surface area (Å²) < 4.78 is 25.3. The largest absolute Gasteiger partial charge is 0.347 e. The maximum Gasteiger partial charge on any atom is 0.244 e. The first kappa shape index (κ1) is 22.1. The minimum atomic E-state index is -3.46. The van der Waals surface area contributed by atoms with Gasteiger partial charge in [0.1, 0.15) is 0 Å². The van der Waals surface area contributed by atoms with Gasteiger partial charge >= 0.3 is 0 Å². The van der Waals surface area contributed by atoms with Crippen LogP contribution in [0.25, 0.3) is 6.08 Å². The molecule has 2 rings (SSSR count). The predicted octanol–water partition coefficient (Wildman–Crippen LogP) is 3.74. The number of nitrogens with one attached hydrogen (secondary N) is 1. The summed E-state index contributed by atoms with van der Waals surface area (Å²) in [7, 11) is -0.495. The molecule has 28 heavy (non-hydrogen) atoms. The maximum absolute atomic E-state index is 12.3. The minimum absolute atomic E-state index is 0.208. The highest BCUT2D eigenvalue weighted by Gasteiger charge is 2.21. The molecule has 0 aliphatic heterocycles. The highest BCUT2D eigenvalue weighted by Crippen LogP contribution is 2.21. The minimum Gasteiger partial charge on any atom is -0.347 e. The average Bonchev–Trinajstić information content (AvgIpc) is 2.61. The average molecular weight is 421 g/mol. The fraction of sp³-hybridized carbons (Fsp3) is 0.286. The van der Waals surface area contributed by atoms with E-state index in [4.69, 9.17) is 11.6 Å². The molecule has 0 aliphatic rings. The zero-order valence-electron chi connectivity index (χ0n) is 16.4. The Morgan fingerprint density at radius 3 is 2.29 bits per heavy atom. The fourth-order valence-electron chi connectivity index (χ4n) is 2.67. The molecule has 0 bridgehead atoms. The third-order valence-electron chi connectivity index (χ3n) is 4.14. The molecular weight excluding hydrogens is 396 g/mol. The van der Waals surface area contributed by atoms with E-state index in [9.17, 15) is 13.2 Å². The van der Waals surface area contributed by atoms with Crippen molar-refractivity contribution in [2.75, 3.05) is 14.1 Å². The zero-order valence-corrected chi connectivity index (χ0v) is 18.0. The van der Waals surface area contributed by atoms with E-state index in [1.807, 2.05) is 38.1 Å². The third kappa shape index (κ3) is 5.92. The van der Waals surface area contributed by atoms with Crippen LogP contribution in [0.4, 0.5) is 0 Å². The Hall–Kier alpha value is -2.15. The summed E-state index contributed by atoms with van der Waals surface area (Å²) in [5, 5.41) is 3.64. The molecule has 2 aromatic carbocycles. The molecule has 0 saturated heterocycles. The quantitative estimate of drug-likeness (QED) is 0.694. The second kappa shape index (κ2) is 8.90. The van der Waals surface area contributed by atoms with Crippen LogP contribution in [0.1, 0.15) is 25.0 Å². The van der Waals surface area contributed by atoms with Crippen LogP contribution in [0.2, 0.25) is 5.02 Å². The van der Waals surface area contributed by atoms with Crippen LogP contribution in [0.5, 0.6) is 0 Å². The zero-order chi connectivity index (χ0) is 20.9. The van der Waals surface area contributed by atoms with Gasteiger partial charge in [-0.2, -0.15) is 0 Å². The number of hydrogen-bond acceptors (Lipinski definition) is 3. The monoisotopic (exact) mass is 420 g/mol. The normalized spacial score (nSPS) is 12.5. The van der Waals surface area contributed by atoms with Gasteiger partial charge in [0.05, 0.1) is 4.90 Å². The lowest BCUT2D eigenvalue weighted by Gasteiger charge is -2.26. The number of amides is 1. The van der Waals surface area contributed by atoms with Gasteiger partial charge in [0, 0.05) is 30.7 Å². The number of sulfonamides is 1. The van der Waals surface area contributed by atoms with E-state index in [1.54, 1.807) is 18.2 Å². The van der Waals surface area contributed by atoms with E-state index in [0.29, 0.717) is 11.4 Å². The van der Waals surface area contributed by atoms with Crippen molar-refractivity contribution in [2.45, 2.75) is 30.7 Å². The summed E-state index contributed by atoms with van der Waals surface area (Å²) in [6, 6.07) is 13.9. The summed E-state index contributed by atoms with van der Waals surface area (Å²) in [5.41, 5.74) is 1.23. The van der Waals surface area contributed by atoms with Crippen LogP contribution in [0.15, 0.2) is 59.5 Å². The van der Waals surface area contributed by atoms with Crippen molar-refractivity contribution in [3.8, 4) is 0 Å². The summed E-state index contributed by atoms with van der Waals surface area (Å²) in [6.45, 7) is 3.87. The van der Waals surface area contributed by atoms with Crippen LogP contribution in [0.3, 0.4) is 0 Å². The van der Waals surface area contributed by atoms with E-state index < -0.39 is 15.6 Å². The summed E-state index contributed by atoms with van der Waals surface area (Å²) in [4.78, 5) is 12.5. The highest BCUT2D eigenvalue weighted by atomic mass is 35.5. The Labute approximate surface area is 172 Å². The molecule has 0 saturated carbocycles. The topological polar surface area (TPSA) is 66.5 Å². The maximum atomic E-state index is 12.3. The standard InChI is InChI=1S/C21H25ClN2O3S/c1-21(2,15-17-7-5-6-8-19(17)22)23-20(25)14-11-16-9-12-18(13-10-16)28(26,27)24(3)4/h5-14H,15H2,1-4H3,(H,23,25). The highest BCUT2D eigenvalue weighted by molar-refractivity contribution is 7.89. The number of carbonyl (C=O) groups is 1. The lowest BCUT2D eigenvalue weighted by Crippen LogP contribution is -2.44. The molecule has 0 fully saturated rings. The van der Waals surface area contributed by atoms with Crippen LogP contribution >= 0.6 is 11.6 Å². The molecule has 1 amide bonds. The van der Waals surface area contributed by atoms with Gasteiger partial charge in [-0.25, -0.2) is 12.7 Å². The van der Waals surface area contributed by atoms with E-state index in [0.717, 1.165) is 15.4 Å². The lowest BCUT2D eigenvalue weighted by molar-refractivity contribution is -0.117. The first-order valence-electron chi connectivity index (χ1n) is 8.77. The molecule has 2 aromatic rings. The van der Waals surface area contributed by atoms with Crippen molar-refractivity contribution in [3.63, 3.8) is 0 Å². The van der Waals surface area contributed by atoms with Crippen LogP contribution in [-0.2, 0) is 21.2 Å². The number of hydrogen-bond donors (Lipinski definition) is 1. The van der Waals surface area contributed by atoms with Gasteiger partial charge in [0.2, 0.25) is 15.9 Å². The number of carbonyl (C=O) groups excluding carboxylic acids is 1. The SMILES string of the molecule is CN(C)S(=O)(=O)c1ccc(C=CC(=O)NC(C)(C)Cc2ccccc2Cl)cc1. The van der Waals surface area contributed by atoms with Gasteiger partial charge in [-0.05, 0) is 55.7 Å². The predicted molar refractivity (Wildman–Crippen MR) is 114 cm³/mol. The molecule has 0 unspecified atom stereocenters. The van der Waals surface area contributed by atoms with E-state index in [2.05, 4.69) is 5.32 Å². The summed E-state index contributed by atoms with van der Waals surface area (Å²) in [6.07, 6.45) is 3.68. The Bertz CT molecular complexity index is 965. The van der Waals surface area contributed by atoms with E-state index in [-0.39, 0.29) is 10.8 Å². The summed E-state index contributed by atoms with van der Waals surface area (Å²) in [5.74, 6) is -0.234. The van der Waals surface area contributed by atoms with Crippen molar-refractivity contribution in [1.82, 2.24) is 9.62 Å². The molecule has 0 radical (unpaired) electrons. The molecule has 150 valence electrons. The second-order valence-corrected chi connectivity index (χ2v) is 9.89. The number of benzene rings is 2. The smallest absolute Gasteiger partial charge is 0.244 e. The van der Waals surface area contributed by atoms with Gasteiger partial charge < -0.3 is 5.32 Å².